The van der Waals surface area contributed by atoms with Gasteiger partial charge in [-0.25, -0.2) is 12.8 Å². The molecule has 1 aromatic rings. The molecule has 1 aliphatic heterocycles. The van der Waals surface area contributed by atoms with Gasteiger partial charge in [0.1, 0.15) is 5.82 Å². The summed E-state index contributed by atoms with van der Waals surface area (Å²) in [5.41, 5.74) is 3.26. The average molecular weight is 272 g/mol. The molecule has 1 fully saturated rings. The maximum atomic E-state index is 12.9. The molecule has 1 heterocycles. The van der Waals surface area contributed by atoms with Crippen LogP contribution < -0.4 is 11.3 Å². The van der Waals surface area contributed by atoms with Crippen molar-refractivity contribution in [2.75, 3.05) is 5.75 Å². The van der Waals surface area contributed by atoms with Gasteiger partial charge in [0, 0.05) is 0 Å². The van der Waals surface area contributed by atoms with Gasteiger partial charge in [-0.3, -0.25) is 11.3 Å². The third kappa shape index (κ3) is 2.71. The summed E-state index contributed by atoms with van der Waals surface area (Å²) in [5.74, 6) is 5.35. The molecule has 6 heteroatoms. The second-order valence-electron chi connectivity index (χ2n) is 4.60. The summed E-state index contributed by atoms with van der Waals surface area (Å²) in [6.07, 6.45) is 2.18. The molecule has 0 saturated carbocycles. The summed E-state index contributed by atoms with van der Waals surface area (Å²) in [6, 6.07) is 5.30. The minimum Gasteiger partial charge on any atom is -0.271 e. The molecule has 2 rings (SSSR count). The maximum Gasteiger partial charge on any atom is 0.155 e. The number of sulfone groups is 1. The van der Waals surface area contributed by atoms with Gasteiger partial charge in [0.25, 0.3) is 0 Å². The van der Waals surface area contributed by atoms with Gasteiger partial charge in [-0.15, -0.1) is 0 Å². The Hall–Kier alpha value is -0.980. The molecule has 2 unspecified atom stereocenters. The smallest absolute Gasteiger partial charge is 0.155 e. The van der Waals surface area contributed by atoms with E-state index in [1.807, 2.05) is 0 Å². The van der Waals surface area contributed by atoms with Gasteiger partial charge in [0.2, 0.25) is 0 Å². The Morgan fingerprint density at radius 3 is 2.50 bits per heavy atom. The zero-order chi connectivity index (χ0) is 13.2. The topological polar surface area (TPSA) is 72.2 Å². The highest BCUT2D eigenvalue weighted by Crippen LogP contribution is 2.30. The number of hydrogen-bond donors (Lipinski definition) is 2. The zero-order valence-electron chi connectivity index (χ0n) is 9.97. The van der Waals surface area contributed by atoms with Gasteiger partial charge in [-0.2, -0.15) is 0 Å². The van der Waals surface area contributed by atoms with Crippen LogP contribution in [0.25, 0.3) is 0 Å². The normalized spacial score (nSPS) is 24.7. The number of nitrogens with two attached hydrogens (primary N) is 1. The van der Waals surface area contributed by atoms with Crippen molar-refractivity contribution in [3.63, 3.8) is 0 Å². The first-order valence-electron chi connectivity index (χ1n) is 5.98. The van der Waals surface area contributed by atoms with Gasteiger partial charge in [0.05, 0.1) is 17.0 Å². The molecule has 18 heavy (non-hydrogen) atoms. The molecule has 0 aliphatic carbocycles. The monoisotopic (exact) mass is 272 g/mol. The molecule has 3 N–H and O–H groups in total. The van der Waals surface area contributed by atoms with Crippen molar-refractivity contribution < 1.29 is 12.8 Å². The Labute approximate surface area is 106 Å². The lowest BCUT2D eigenvalue weighted by atomic mass is 10.00. The third-order valence-electron chi connectivity index (χ3n) is 3.41. The Bertz CT molecular complexity index is 501. The van der Waals surface area contributed by atoms with Crippen LogP contribution in [0.5, 0.6) is 0 Å². The number of rotatable bonds is 3. The van der Waals surface area contributed by atoms with Crippen molar-refractivity contribution in [2.24, 2.45) is 5.84 Å². The molecular weight excluding hydrogens is 255 g/mol. The number of halogens is 1. The Balaban J connectivity index is 2.30. The van der Waals surface area contributed by atoms with E-state index >= 15 is 0 Å². The highest BCUT2D eigenvalue weighted by atomic mass is 32.2. The van der Waals surface area contributed by atoms with Gasteiger partial charge in [-0.1, -0.05) is 18.6 Å². The lowest BCUT2D eigenvalue weighted by molar-refractivity contribution is 0.453. The van der Waals surface area contributed by atoms with Crippen molar-refractivity contribution in [1.29, 1.82) is 0 Å². The van der Waals surface area contributed by atoms with Crippen LogP contribution in [-0.4, -0.2) is 19.4 Å². The standard InChI is InChI=1S/C12H17FN2O2S/c13-10-6-4-9(5-7-10)12(15-14)11-3-1-2-8-18(11,16)17/h4-7,11-12,15H,1-3,8,14H2. The molecule has 0 aromatic heterocycles. The summed E-state index contributed by atoms with van der Waals surface area (Å²) in [5, 5.41) is -0.526. The van der Waals surface area contributed by atoms with Gasteiger partial charge in [-0.05, 0) is 30.5 Å². The van der Waals surface area contributed by atoms with E-state index in [0.29, 0.717) is 18.4 Å². The lowest BCUT2D eigenvalue weighted by Crippen LogP contribution is -2.43. The Morgan fingerprint density at radius 2 is 1.94 bits per heavy atom. The van der Waals surface area contributed by atoms with Gasteiger partial charge < -0.3 is 0 Å². The fourth-order valence-corrected chi connectivity index (χ4v) is 4.53. The third-order valence-corrected chi connectivity index (χ3v) is 5.70. The fraction of sp³-hybridized carbons (Fsp3) is 0.500. The second kappa shape index (κ2) is 5.34. The fourth-order valence-electron chi connectivity index (χ4n) is 2.44. The predicted molar refractivity (Wildman–Crippen MR) is 67.9 cm³/mol. The first-order chi connectivity index (χ1) is 8.54. The first kappa shape index (κ1) is 13.5. The van der Waals surface area contributed by atoms with Crippen LogP contribution in [0, 0.1) is 5.82 Å². The van der Waals surface area contributed by atoms with Crippen molar-refractivity contribution in [2.45, 2.75) is 30.6 Å². The highest BCUT2D eigenvalue weighted by Gasteiger charge is 2.35. The molecule has 0 radical (unpaired) electrons. The number of nitrogens with one attached hydrogen (secondary N) is 1. The SMILES string of the molecule is NNC(c1ccc(F)cc1)C1CCCCS1(=O)=O. The minimum absolute atomic E-state index is 0.205. The summed E-state index contributed by atoms with van der Waals surface area (Å²) < 4.78 is 37.0. The van der Waals surface area contributed by atoms with Gasteiger partial charge >= 0.3 is 0 Å². The summed E-state index contributed by atoms with van der Waals surface area (Å²) >= 11 is 0. The van der Waals surface area contributed by atoms with Crippen molar-refractivity contribution in [3.05, 3.63) is 35.6 Å². The van der Waals surface area contributed by atoms with E-state index < -0.39 is 21.1 Å². The van der Waals surface area contributed by atoms with Crippen molar-refractivity contribution >= 4 is 9.84 Å². The van der Waals surface area contributed by atoms with Crippen molar-refractivity contribution in [3.8, 4) is 0 Å². The Morgan fingerprint density at radius 1 is 1.28 bits per heavy atom. The van der Waals surface area contributed by atoms with E-state index in [2.05, 4.69) is 5.43 Å². The quantitative estimate of drug-likeness (QED) is 0.642. The molecule has 2 atom stereocenters. The van der Waals surface area contributed by atoms with E-state index in [9.17, 15) is 12.8 Å². The zero-order valence-corrected chi connectivity index (χ0v) is 10.8. The second-order valence-corrected chi connectivity index (χ2v) is 6.94. The average Bonchev–Trinajstić information content (AvgIpc) is 2.34. The molecule has 1 aliphatic rings. The van der Waals surface area contributed by atoms with E-state index in [0.717, 1.165) is 6.42 Å². The lowest BCUT2D eigenvalue weighted by Gasteiger charge is -2.29. The van der Waals surface area contributed by atoms with Crippen molar-refractivity contribution in [1.82, 2.24) is 5.43 Å². The molecule has 1 saturated heterocycles. The summed E-state index contributed by atoms with van der Waals surface area (Å²) in [7, 11) is -3.13. The van der Waals surface area contributed by atoms with Crippen LogP contribution in [-0.2, 0) is 9.84 Å². The van der Waals surface area contributed by atoms with Crippen LogP contribution in [0.1, 0.15) is 30.9 Å². The van der Waals surface area contributed by atoms with Gasteiger partial charge in [0.15, 0.2) is 9.84 Å². The maximum absolute atomic E-state index is 12.9. The van der Waals surface area contributed by atoms with E-state index in [-0.39, 0.29) is 11.6 Å². The molecular formula is C12H17FN2O2S. The molecule has 0 amide bonds. The summed E-state index contributed by atoms with van der Waals surface area (Å²) in [4.78, 5) is 0. The number of hydrogen-bond acceptors (Lipinski definition) is 4. The molecule has 0 bridgehead atoms. The van der Waals surface area contributed by atoms with E-state index in [1.165, 1.54) is 12.1 Å². The number of hydrazine groups is 1. The molecule has 0 spiro atoms. The minimum atomic E-state index is -3.13. The van der Waals surface area contributed by atoms with Crippen LogP contribution in [0.2, 0.25) is 0 Å². The largest absolute Gasteiger partial charge is 0.271 e. The molecule has 1 aromatic carbocycles. The van der Waals surface area contributed by atoms with Crippen LogP contribution >= 0.6 is 0 Å². The van der Waals surface area contributed by atoms with Crippen LogP contribution in [0.3, 0.4) is 0 Å². The molecule has 100 valence electrons. The predicted octanol–water partition coefficient (Wildman–Crippen LogP) is 1.30. The van der Waals surface area contributed by atoms with E-state index in [1.54, 1.807) is 12.1 Å². The molecule has 4 nitrogen and oxygen atoms in total. The first-order valence-corrected chi connectivity index (χ1v) is 7.69. The highest BCUT2D eigenvalue weighted by molar-refractivity contribution is 7.92. The number of benzene rings is 1. The van der Waals surface area contributed by atoms with Crippen LogP contribution in [0.4, 0.5) is 4.39 Å². The van der Waals surface area contributed by atoms with Crippen LogP contribution in [0.15, 0.2) is 24.3 Å². The Kier molecular flexibility index (Phi) is 3.99. The van der Waals surface area contributed by atoms with E-state index in [4.69, 9.17) is 5.84 Å². The summed E-state index contributed by atoms with van der Waals surface area (Å²) in [6.45, 7) is 0.